The molecule has 0 aromatic heterocycles. The number of quaternary nitrogens is 2. The summed E-state index contributed by atoms with van der Waals surface area (Å²) in [6, 6.07) is 4.77. The first-order valence-corrected chi connectivity index (χ1v) is 12.2. The number of halogens is 2. The Balaban J connectivity index is 0. The second-order valence-electron chi connectivity index (χ2n) is 11.3. The van der Waals surface area contributed by atoms with E-state index in [9.17, 15) is 0 Å². The highest BCUT2D eigenvalue weighted by Crippen LogP contribution is 2.26. The molecule has 0 aliphatic carbocycles. The number of hydrogen-bond acceptors (Lipinski definition) is 0. The lowest BCUT2D eigenvalue weighted by atomic mass is 9.91. The highest BCUT2D eigenvalue weighted by atomic mass is 35.5. The number of unbranched alkanes of at least 4 members (excludes halogenated alkanes) is 9. The first-order valence-electron chi connectivity index (χ1n) is 12.2. The van der Waals surface area contributed by atoms with Crippen LogP contribution in [0.3, 0.4) is 0 Å². The van der Waals surface area contributed by atoms with Crippen LogP contribution in [0.25, 0.3) is 0 Å². The lowest BCUT2D eigenvalue weighted by Crippen LogP contribution is -3.00. The van der Waals surface area contributed by atoms with Gasteiger partial charge in [-0.1, -0.05) is 76.8 Å². The molecular weight excluding hydrogens is 423 g/mol. The Labute approximate surface area is 207 Å². The van der Waals surface area contributed by atoms with Crippen molar-refractivity contribution < 1.29 is 33.8 Å². The summed E-state index contributed by atoms with van der Waals surface area (Å²) in [5, 5.41) is 0. The molecule has 0 radical (unpaired) electrons. The van der Waals surface area contributed by atoms with Crippen molar-refractivity contribution >= 4 is 0 Å². The molecule has 0 amide bonds. The van der Waals surface area contributed by atoms with E-state index in [0.29, 0.717) is 0 Å². The third-order valence-corrected chi connectivity index (χ3v) is 5.82. The molecule has 0 fully saturated rings. The van der Waals surface area contributed by atoms with Crippen LogP contribution < -0.4 is 24.8 Å². The lowest BCUT2D eigenvalue weighted by Gasteiger charge is -2.30. The van der Waals surface area contributed by atoms with Gasteiger partial charge in [-0.15, -0.1) is 0 Å². The van der Waals surface area contributed by atoms with Gasteiger partial charge in [0.25, 0.3) is 0 Å². The molecule has 0 aliphatic heterocycles. The topological polar surface area (TPSA) is 0 Å². The Morgan fingerprint density at radius 1 is 0.581 bits per heavy atom. The average molecular weight is 476 g/mol. The second-order valence-corrected chi connectivity index (χ2v) is 11.3. The summed E-state index contributed by atoms with van der Waals surface area (Å²) in [4.78, 5) is 0. The fraction of sp³-hybridized carbons (Fsp3) is 0.778. The summed E-state index contributed by atoms with van der Waals surface area (Å²) in [5.41, 5.74) is 6.32. The van der Waals surface area contributed by atoms with Crippen molar-refractivity contribution in [1.29, 1.82) is 0 Å². The zero-order valence-corrected chi connectivity index (χ0v) is 23.5. The lowest BCUT2D eigenvalue weighted by molar-refractivity contribution is -0.887. The maximum Gasteiger partial charge on any atom is 0.105 e. The molecule has 0 saturated heterocycles. The summed E-state index contributed by atoms with van der Waals surface area (Å²) in [6.07, 6.45) is 15.4. The molecular formula is C27H52Cl2N2. The predicted molar refractivity (Wildman–Crippen MR) is 130 cm³/mol. The monoisotopic (exact) mass is 474 g/mol. The molecule has 1 aromatic carbocycles. The zero-order chi connectivity index (χ0) is 21.9. The van der Waals surface area contributed by atoms with Crippen LogP contribution in [0.1, 0.15) is 93.4 Å². The predicted octanol–water partition coefficient (Wildman–Crippen LogP) is 0.879. The molecule has 1 aromatic rings. The summed E-state index contributed by atoms with van der Waals surface area (Å²) < 4.78 is 1.99. The number of rotatable bonds is 15. The number of benzene rings is 1. The molecule has 0 heterocycles. The molecule has 1 rings (SSSR count). The summed E-state index contributed by atoms with van der Waals surface area (Å²) >= 11 is 0. The second kappa shape index (κ2) is 16.4. The van der Waals surface area contributed by atoms with Gasteiger partial charge < -0.3 is 33.8 Å². The largest absolute Gasteiger partial charge is 1.00 e. The Morgan fingerprint density at radius 2 is 1.03 bits per heavy atom. The van der Waals surface area contributed by atoms with Gasteiger partial charge in [0.1, 0.15) is 13.1 Å². The standard InChI is InChI=1S/C27H52N2.2ClH/c1-9-10-11-12-13-14-15-16-17-18-19-26-24(2)20-21-25(22-28(3,4)5)27(26)23-29(6,7)8;;/h20-21H,9-19,22-23H2,1-8H3;2*1H/q+2;;/p-2. The van der Waals surface area contributed by atoms with Gasteiger partial charge >= 0.3 is 0 Å². The smallest absolute Gasteiger partial charge is 0.105 e. The minimum Gasteiger partial charge on any atom is -1.00 e. The van der Waals surface area contributed by atoms with Gasteiger partial charge in [-0.25, -0.2) is 0 Å². The maximum atomic E-state index is 2.39. The van der Waals surface area contributed by atoms with Crippen LogP contribution in [0.15, 0.2) is 12.1 Å². The van der Waals surface area contributed by atoms with E-state index in [1.807, 2.05) is 0 Å². The third kappa shape index (κ3) is 15.2. The van der Waals surface area contributed by atoms with Gasteiger partial charge in [0.15, 0.2) is 0 Å². The molecule has 0 unspecified atom stereocenters. The fourth-order valence-corrected chi connectivity index (χ4v) is 4.33. The minimum atomic E-state index is 0. The molecule has 31 heavy (non-hydrogen) atoms. The van der Waals surface area contributed by atoms with E-state index in [1.54, 1.807) is 16.7 Å². The molecule has 0 spiro atoms. The SMILES string of the molecule is CCCCCCCCCCCCc1c(C)ccc(C[N+](C)(C)C)c1C[N+](C)(C)C.[Cl-].[Cl-]. The van der Waals surface area contributed by atoms with Crippen molar-refractivity contribution in [2.45, 2.75) is 97.6 Å². The summed E-state index contributed by atoms with van der Waals surface area (Å²) in [7, 11) is 13.9. The van der Waals surface area contributed by atoms with E-state index in [1.165, 1.54) is 76.2 Å². The highest BCUT2D eigenvalue weighted by Gasteiger charge is 2.21. The van der Waals surface area contributed by atoms with Crippen molar-refractivity contribution in [1.82, 2.24) is 0 Å². The quantitative estimate of drug-likeness (QED) is 0.261. The Bertz CT molecular complexity index is 586. The molecule has 0 N–H and O–H groups in total. The van der Waals surface area contributed by atoms with Crippen LogP contribution in [0, 0.1) is 6.92 Å². The zero-order valence-electron chi connectivity index (χ0n) is 22.0. The van der Waals surface area contributed by atoms with Crippen LogP contribution in [0.4, 0.5) is 0 Å². The Morgan fingerprint density at radius 3 is 1.48 bits per heavy atom. The van der Waals surface area contributed by atoms with E-state index in [2.05, 4.69) is 68.3 Å². The molecule has 0 saturated carbocycles. The number of hydrogen-bond donors (Lipinski definition) is 0. The van der Waals surface area contributed by atoms with Gasteiger partial charge in [-0.2, -0.15) is 0 Å². The first-order chi connectivity index (χ1) is 13.5. The molecule has 4 heteroatoms. The molecule has 0 bridgehead atoms. The molecule has 2 nitrogen and oxygen atoms in total. The summed E-state index contributed by atoms with van der Waals surface area (Å²) in [5.74, 6) is 0. The normalized spacial score (nSPS) is 11.7. The van der Waals surface area contributed by atoms with Crippen LogP contribution in [-0.2, 0) is 19.5 Å². The van der Waals surface area contributed by atoms with E-state index in [4.69, 9.17) is 0 Å². The van der Waals surface area contributed by atoms with Crippen molar-refractivity contribution in [3.05, 3.63) is 34.4 Å². The third-order valence-electron chi connectivity index (χ3n) is 5.82. The Hall–Kier alpha value is -0.280. The average Bonchev–Trinajstić information content (AvgIpc) is 2.59. The fourth-order valence-electron chi connectivity index (χ4n) is 4.33. The summed E-state index contributed by atoms with van der Waals surface area (Å²) in [6.45, 7) is 6.86. The molecule has 0 atom stereocenters. The first kappa shape index (κ1) is 32.9. The van der Waals surface area contributed by atoms with Gasteiger partial charge in [-0.05, 0) is 30.9 Å². The van der Waals surface area contributed by atoms with E-state index < -0.39 is 0 Å². The van der Waals surface area contributed by atoms with Gasteiger partial charge in [-0.3, -0.25) is 0 Å². The van der Waals surface area contributed by atoms with Gasteiger partial charge in [0, 0.05) is 11.1 Å². The van der Waals surface area contributed by atoms with Crippen LogP contribution in [0.5, 0.6) is 0 Å². The van der Waals surface area contributed by atoms with Crippen LogP contribution >= 0.6 is 0 Å². The Kier molecular flexibility index (Phi) is 17.4. The van der Waals surface area contributed by atoms with Crippen LogP contribution in [-0.4, -0.2) is 51.3 Å². The minimum absolute atomic E-state index is 0. The maximum absolute atomic E-state index is 2.39. The van der Waals surface area contributed by atoms with E-state index in [-0.39, 0.29) is 24.8 Å². The van der Waals surface area contributed by atoms with E-state index in [0.717, 1.165) is 22.1 Å². The van der Waals surface area contributed by atoms with Crippen molar-refractivity contribution in [3.63, 3.8) is 0 Å². The van der Waals surface area contributed by atoms with Crippen molar-refractivity contribution in [2.24, 2.45) is 0 Å². The molecule has 184 valence electrons. The van der Waals surface area contributed by atoms with E-state index >= 15 is 0 Å². The van der Waals surface area contributed by atoms with Crippen molar-refractivity contribution in [3.8, 4) is 0 Å². The van der Waals surface area contributed by atoms with Crippen molar-refractivity contribution in [2.75, 3.05) is 42.3 Å². The number of aryl methyl sites for hydroxylation is 1. The number of nitrogens with zero attached hydrogens (tertiary/aromatic N) is 2. The highest BCUT2D eigenvalue weighted by molar-refractivity contribution is 5.40. The van der Waals surface area contributed by atoms with Crippen LogP contribution in [0.2, 0.25) is 0 Å². The van der Waals surface area contributed by atoms with Gasteiger partial charge in [0.05, 0.1) is 42.3 Å². The molecule has 0 aliphatic rings. The van der Waals surface area contributed by atoms with Gasteiger partial charge in [0.2, 0.25) is 0 Å².